The number of thioether (sulfide) groups is 1. The largest absolute Gasteiger partial charge is 0.326 e. The number of aryl methyl sites for hydroxylation is 2. The molecule has 0 spiro atoms. The molecule has 0 radical (unpaired) electrons. The second-order valence-electron chi connectivity index (χ2n) is 6.68. The van der Waals surface area contributed by atoms with E-state index in [9.17, 15) is 13.2 Å². The molecule has 0 atom stereocenters. The zero-order chi connectivity index (χ0) is 19.4. The van der Waals surface area contributed by atoms with Crippen molar-refractivity contribution in [2.75, 3.05) is 27.7 Å². The summed E-state index contributed by atoms with van der Waals surface area (Å²) in [4.78, 5) is 13.3. The van der Waals surface area contributed by atoms with Crippen LogP contribution in [0, 0.1) is 13.8 Å². The van der Waals surface area contributed by atoms with Crippen molar-refractivity contribution in [2.45, 2.75) is 31.6 Å². The summed E-state index contributed by atoms with van der Waals surface area (Å²) >= 11 is 1.67. The average Bonchev–Trinajstić information content (AvgIpc) is 2.98. The highest BCUT2D eigenvalue weighted by Crippen LogP contribution is 2.26. The molecular weight excluding hydrogens is 380 g/mol. The normalized spacial score (nSPS) is 15.7. The topological polar surface area (TPSA) is 66.5 Å². The molecule has 7 heteroatoms. The van der Waals surface area contributed by atoms with Gasteiger partial charge in [-0.15, -0.1) is 11.8 Å². The first-order valence-corrected chi connectivity index (χ1v) is 11.5. The minimum atomic E-state index is -3.18. The Hall–Kier alpha value is -1.99. The van der Waals surface area contributed by atoms with Crippen LogP contribution in [0.2, 0.25) is 0 Å². The van der Waals surface area contributed by atoms with Gasteiger partial charge < -0.3 is 5.32 Å². The first-order valence-electron chi connectivity index (χ1n) is 8.95. The van der Waals surface area contributed by atoms with Gasteiger partial charge in [0.05, 0.1) is 11.4 Å². The number of amides is 1. The van der Waals surface area contributed by atoms with Crippen molar-refractivity contribution in [1.82, 2.24) is 0 Å². The highest BCUT2D eigenvalue weighted by Gasteiger charge is 2.28. The molecule has 1 amide bonds. The zero-order valence-electron chi connectivity index (χ0n) is 15.6. The van der Waals surface area contributed by atoms with Gasteiger partial charge >= 0.3 is 0 Å². The first-order chi connectivity index (χ1) is 12.8. The molecule has 144 valence electrons. The summed E-state index contributed by atoms with van der Waals surface area (Å²) < 4.78 is 25.3. The van der Waals surface area contributed by atoms with Crippen molar-refractivity contribution in [1.29, 1.82) is 0 Å². The van der Waals surface area contributed by atoms with Crippen LogP contribution in [0.5, 0.6) is 0 Å². The Kier molecular flexibility index (Phi) is 6.11. The van der Waals surface area contributed by atoms with Crippen LogP contribution in [0.3, 0.4) is 0 Å². The van der Waals surface area contributed by atoms with E-state index in [-0.39, 0.29) is 11.7 Å². The number of benzene rings is 2. The summed E-state index contributed by atoms with van der Waals surface area (Å²) in [5.41, 5.74) is 3.85. The SMILES string of the molecule is Cc1ccc(SCCC(=O)Nc2ccc(N3CCCS3(=O)=O)cc2)cc1C. The minimum absolute atomic E-state index is 0.0483. The third-order valence-electron chi connectivity index (χ3n) is 4.61. The Morgan fingerprint density at radius 3 is 2.48 bits per heavy atom. The number of nitrogens with one attached hydrogen (secondary N) is 1. The van der Waals surface area contributed by atoms with E-state index in [1.165, 1.54) is 20.3 Å². The quantitative estimate of drug-likeness (QED) is 0.740. The summed E-state index contributed by atoms with van der Waals surface area (Å²) in [5.74, 6) is 0.857. The van der Waals surface area contributed by atoms with Crippen LogP contribution in [0.1, 0.15) is 24.0 Å². The van der Waals surface area contributed by atoms with E-state index in [1.54, 1.807) is 36.0 Å². The number of carbonyl (C=O) groups is 1. The summed E-state index contributed by atoms with van der Waals surface area (Å²) in [7, 11) is -3.18. The molecule has 3 rings (SSSR count). The summed E-state index contributed by atoms with van der Waals surface area (Å²) in [6.45, 7) is 4.69. The fraction of sp³-hybridized carbons (Fsp3) is 0.350. The molecule has 0 unspecified atom stereocenters. The van der Waals surface area contributed by atoms with E-state index in [4.69, 9.17) is 0 Å². The minimum Gasteiger partial charge on any atom is -0.326 e. The summed E-state index contributed by atoms with van der Waals surface area (Å²) in [5, 5.41) is 2.87. The highest BCUT2D eigenvalue weighted by molar-refractivity contribution is 7.99. The molecule has 5 nitrogen and oxygen atoms in total. The van der Waals surface area contributed by atoms with Crippen molar-refractivity contribution in [3.8, 4) is 0 Å². The Bertz CT molecular complexity index is 925. The van der Waals surface area contributed by atoms with E-state index in [1.807, 2.05) is 0 Å². The average molecular weight is 405 g/mol. The number of carbonyl (C=O) groups excluding carboxylic acids is 1. The highest BCUT2D eigenvalue weighted by atomic mass is 32.2. The molecule has 2 aromatic rings. The van der Waals surface area contributed by atoms with Crippen molar-refractivity contribution >= 4 is 39.1 Å². The van der Waals surface area contributed by atoms with Crippen molar-refractivity contribution in [3.63, 3.8) is 0 Å². The molecule has 0 saturated carbocycles. The van der Waals surface area contributed by atoms with E-state index in [0.717, 1.165) is 0 Å². The number of hydrogen-bond donors (Lipinski definition) is 1. The maximum atomic E-state index is 12.1. The second-order valence-corrected chi connectivity index (χ2v) is 9.86. The molecule has 1 saturated heterocycles. The monoisotopic (exact) mass is 404 g/mol. The fourth-order valence-electron chi connectivity index (χ4n) is 2.93. The van der Waals surface area contributed by atoms with Crippen LogP contribution >= 0.6 is 11.8 Å². The van der Waals surface area contributed by atoms with Gasteiger partial charge in [0.2, 0.25) is 15.9 Å². The molecule has 1 fully saturated rings. The predicted molar refractivity (Wildman–Crippen MR) is 112 cm³/mol. The van der Waals surface area contributed by atoms with Gasteiger partial charge in [-0.05, 0) is 67.8 Å². The lowest BCUT2D eigenvalue weighted by Gasteiger charge is -2.17. The van der Waals surface area contributed by atoms with Gasteiger partial charge in [-0.3, -0.25) is 9.10 Å². The summed E-state index contributed by atoms with van der Waals surface area (Å²) in [6.07, 6.45) is 1.07. The molecule has 0 aliphatic carbocycles. The van der Waals surface area contributed by atoms with Gasteiger partial charge in [-0.1, -0.05) is 6.07 Å². The van der Waals surface area contributed by atoms with Crippen molar-refractivity contribution < 1.29 is 13.2 Å². The van der Waals surface area contributed by atoms with Crippen molar-refractivity contribution in [3.05, 3.63) is 53.6 Å². The Morgan fingerprint density at radius 1 is 1.11 bits per heavy atom. The Balaban J connectivity index is 1.50. The van der Waals surface area contributed by atoms with E-state index in [2.05, 4.69) is 37.4 Å². The standard InChI is InChI=1S/C20H24N2O3S2/c1-15-4-9-19(14-16(15)2)26-12-10-20(23)21-17-5-7-18(8-6-17)22-11-3-13-27(22,24)25/h4-9,14H,3,10-13H2,1-2H3,(H,21,23). The molecule has 0 aromatic heterocycles. The molecule has 1 N–H and O–H groups in total. The second kappa shape index (κ2) is 8.35. The third-order valence-corrected chi connectivity index (χ3v) is 7.48. The number of anilines is 2. The van der Waals surface area contributed by atoms with Crippen LogP contribution in [0.25, 0.3) is 0 Å². The Labute approximate surface area is 165 Å². The van der Waals surface area contributed by atoms with Crippen LogP contribution < -0.4 is 9.62 Å². The predicted octanol–water partition coefficient (Wildman–Crippen LogP) is 3.96. The number of rotatable bonds is 6. The third kappa shape index (κ3) is 5.05. The van der Waals surface area contributed by atoms with Crippen LogP contribution in [0.4, 0.5) is 11.4 Å². The lowest BCUT2D eigenvalue weighted by molar-refractivity contribution is -0.115. The maximum Gasteiger partial charge on any atom is 0.235 e. The lowest BCUT2D eigenvalue weighted by Crippen LogP contribution is -2.25. The molecule has 1 aliphatic heterocycles. The van der Waals surface area contributed by atoms with Gasteiger partial charge in [0, 0.05) is 29.3 Å². The first kappa shape index (κ1) is 19.8. The van der Waals surface area contributed by atoms with E-state index >= 15 is 0 Å². The molecule has 0 bridgehead atoms. The van der Waals surface area contributed by atoms with E-state index in [0.29, 0.717) is 36.5 Å². The Morgan fingerprint density at radius 2 is 1.85 bits per heavy atom. The van der Waals surface area contributed by atoms with Crippen LogP contribution in [0.15, 0.2) is 47.4 Å². The van der Waals surface area contributed by atoms with Gasteiger partial charge in [-0.25, -0.2) is 8.42 Å². The number of sulfonamides is 1. The number of hydrogen-bond acceptors (Lipinski definition) is 4. The van der Waals surface area contributed by atoms with Gasteiger partial charge in [0.1, 0.15) is 0 Å². The molecule has 1 aliphatic rings. The zero-order valence-corrected chi connectivity index (χ0v) is 17.2. The fourth-order valence-corrected chi connectivity index (χ4v) is 5.44. The van der Waals surface area contributed by atoms with Crippen LogP contribution in [-0.4, -0.2) is 32.4 Å². The smallest absolute Gasteiger partial charge is 0.235 e. The molecular formula is C20H24N2O3S2. The summed E-state index contributed by atoms with van der Waals surface area (Å²) in [6, 6.07) is 13.3. The molecule has 1 heterocycles. The number of nitrogens with zero attached hydrogens (tertiary/aromatic N) is 1. The van der Waals surface area contributed by atoms with Crippen molar-refractivity contribution in [2.24, 2.45) is 0 Å². The van der Waals surface area contributed by atoms with E-state index < -0.39 is 10.0 Å². The lowest BCUT2D eigenvalue weighted by atomic mass is 10.1. The van der Waals surface area contributed by atoms with Gasteiger partial charge in [-0.2, -0.15) is 0 Å². The maximum absolute atomic E-state index is 12.1. The molecule has 2 aromatic carbocycles. The van der Waals surface area contributed by atoms with Crippen LogP contribution in [-0.2, 0) is 14.8 Å². The molecule has 27 heavy (non-hydrogen) atoms. The van der Waals surface area contributed by atoms with Gasteiger partial charge in [0.15, 0.2) is 0 Å². The van der Waals surface area contributed by atoms with Gasteiger partial charge in [0.25, 0.3) is 0 Å².